The number of rotatable bonds is 6. The van der Waals surface area contributed by atoms with Crippen molar-refractivity contribution in [1.29, 1.82) is 5.26 Å². The number of likely N-dealkylation sites (N-methyl/N-ethyl adjacent to an activating group) is 1. The summed E-state index contributed by atoms with van der Waals surface area (Å²) >= 11 is 0. The fraction of sp³-hybridized carbons (Fsp3) is 0.621. The Morgan fingerprint density at radius 1 is 1.10 bits per heavy atom. The monoisotopic (exact) mass is 557 g/mol. The van der Waals surface area contributed by atoms with Crippen LogP contribution >= 0.6 is 0 Å². The van der Waals surface area contributed by atoms with Gasteiger partial charge in [0.15, 0.2) is 0 Å². The Morgan fingerprint density at radius 3 is 2.38 bits per heavy atom. The van der Waals surface area contributed by atoms with E-state index in [-0.39, 0.29) is 0 Å². The zero-order valence-electron chi connectivity index (χ0n) is 24.9. The Hall–Kier alpha value is -2.58. The molecule has 0 saturated carbocycles. The maximum Gasteiger partial charge on any atom is 0.318 e. The molecular weight excluding hydrogens is 510 g/mol. The van der Waals surface area contributed by atoms with Gasteiger partial charge in [-0.1, -0.05) is 45.9 Å². The molecule has 1 unspecified atom stereocenters. The molecular formula is C29H47N7O2S. The van der Waals surface area contributed by atoms with Crippen molar-refractivity contribution in [3.05, 3.63) is 41.1 Å². The summed E-state index contributed by atoms with van der Waals surface area (Å²) in [6, 6.07) is 10.5. The smallest absolute Gasteiger partial charge is 0.318 e. The predicted octanol–water partition coefficient (Wildman–Crippen LogP) is 4.29. The average molecular weight is 558 g/mol. The summed E-state index contributed by atoms with van der Waals surface area (Å²) in [6.07, 6.45) is 2.36. The molecule has 2 atom stereocenters. The van der Waals surface area contributed by atoms with Gasteiger partial charge in [-0.2, -0.15) is 15.2 Å². The van der Waals surface area contributed by atoms with Crippen LogP contribution in [-0.2, 0) is 24.1 Å². The summed E-state index contributed by atoms with van der Waals surface area (Å²) in [5, 5.41) is 10.7. The highest BCUT2D eigenvalue weighted by Crippen LogP contribution is 2.34. The molecule has 0 aliphatic carbocycles. The number of benzene rings is 1. The molecule has 0 spiro atoms. The molecule has 10 heteroatoms. The van der Waals surface area contributed by atoms with Crippen molar-refractivity contribution in [2.24, 2.45) is 0 Å². The van der Waals surface area contributed by atoms with E-state index in [9.17, 15) is 4.21 Å². The van der Waals surface area contributed by atoms with Crippen LogP contribution in [-0.4, -0.2) is 75.8 Å². The first kappa shape index (κ1) is 32.6. The highest BCUT2D eigenvalue weighted by atomic mass is 32.2. The minimum atomic E-state index is -1.24. The quantitative estimate of drug-likeness (QED) is 0.562. The molecule has 9 nitrogen and oxygen atoms in total. The van der Waals surface area contributed by atoms with Crippen LogP contribution in [0.2, 0.25) is 0 Å². The molecule has 1 N–H and O–H groups in total. The molecule has 4 heterocycles. The van der Waals surface area contributed by atoms with Gasteiger partial charge in [0.25, 0.3) is 0 Å². The molecule has 2 saturated heterocycles. The molecule has 0 amide bonds. The van der Waals surface area contributed by atoms with Crippen molar-refractivity contribution < 1.29 is 8.95 Å². The minimum absolute atomic E-state index is 0.416. The van der Waals surface area contributed by atoms with Crippen LogP contribution in [0.3, 0.4) is 0 Å². The van der Waals surface area contributed by atoms with E-state index in [1.165, 1.54) is 13.3 Å². The molecule has 39 heavy (non-hydrogen) atoms. The second-order valence-corrected chi connectivity index (χ2v) is 10.6. The van der Waals surface area contributed by atoms with Crippen LogP contribution in [0.25, 0.3) is 0 Å². The van der Waals surface area contributed by atoms with E-state index in [1.807, 2.05) is 63.2 Å². The number of hydrogen-bond donors (Lipinski definition) is 1. The summed E-state index contributed by atoms with van der Waals surface area (Å²) in [5.41, 5.74) is 3.06. The second-order valence-electron chi connectivity index (χ2n) is 9.12. The van der Waals surface area contributed by atoms with Crippen LogP contribution in [0.5, 0.6) is 6.01 Å². The summed E-state index contributed by atoms with van der Waals surface area (Å²) in [5.74, 6) is 0.940. The molecule has 5 rings (SSSR count). The number of nitrogens with zero attached hydrogens (tertiary/aromatic N) is 6. The van der Waals surface area contributed by atoms with Crippen molar-refractivity contribution in [3.8, 4) is 12.1 Å². The summed E-state index contributed by atoms with van der Waals surface area (Å²) in [6.45, 7) is 17.9. The molecule has 2 aromatic rings. The standard InChI is InChI=1S/C23H32N6O2S.C2H3N.2C2H6/c1-17-6-3-4-8-21(17)32(30)29-14-19-20(15-29)25-23(31-16-18-7-5-11-27(18)2)26-22(19)28-12-9-24-10-13-28;1-2-3;2*1-2/h3-4,6,8,18,24H,5,7,9-16H2,1-2H3;1H3;2*1-2H3/t18-,32?;;;/m0.../s1. The number of hydrogen-bond acceptors (Lipinski definition) is 8. The lowest BCUT2D eigenvalue weighted by molar-refractivity contribution is 0.187. The second kappa shape index (κ2) is 17.2. The van der Waals surface area contributed by atoms with Gasteiger partial charge in [0.05, 0.1) is 23.2 Å². The largest absolute Gasteiger partial charge is 0.462 e. The average Bonchev–Trinajstić information content (AvgIpc) is 3.60. The molecule has 3 aliphatic heterocycles. The van der Waals surface area contributed by atoms with E-state index in [1.54, 1.807) is 6.07 Å². The number of nitrogens with one attached hydrogen (secondary N) is 1. The number of anilines is 1. The van der Waals surface area contributed by atoms with E-state index in [2.05, 4.69) is 22.2 Å². The third-order valence-corrected chi connectivity index (χ3v) is 8.28. The number of piperazine rings is 1. The summed E-state index contributed by atoms with van der Waals surface area (Å²) < 4.78 is 21.5. The Bertz CT molecular complexity index is 1090. The zero-order chi connectivity index (χ0) is 28.8. The van der Waals surface area contributed by atoms with Crippen LogP contribution in [0.15, 0.2) is 29.2 Å². The number of likely N-dealkylation sites (tertiary alicyclic amines) is 1. The van der Waals surface area contributed by atoms with Gasteiger partial charge in [0, 0.05) is 51.3 Å². The number of fused-ring (bicyclic) bond motifs is 1. The third-order valence-electron chi connectivity index (χ3n) is 6.72. The Morgan fingerprint density at radius 2 is 1.77 bits per heavy atom. The van der Waals surface area contributed by atoms with E-state index < -0.39 is 11.0 Å². The van der Waals surface area contributed by atoms with Crippen molar-refractivity contribution in [1.82, 2.24) is 24.5 Å². The number of aromatic nitrogens is 2. The first-order valence-electron chi connectivity index (χ1n) is 14.2. The van der Waals surface area contributed by atoms with E-state index >= 15 is 0 Å². The Labute approximate surface area is 238 Å². The van der Waals surface area contributed by atoms with Gasteiger partial charge in [-0.25, -0.2) is 8.51 Å². The molecule has 3 aliphatic rings. The van der Waals surface area contributed by atoms with E-state index in [0.717, 1.165) is 66.7 Å². The molecule has 2 fully saturated rings. The van der Waals surface area contributed by atoms with Crippen molar-refractivity contribution in [2.75, 3.05) is 51.3 Å². The molecule has 1 aromatic carbocycles. The minimum Gasteiger partial charge on any atom is -0.462 e. The van der Waals surface area contributed by atoms with Crippen molar-refractivity contribution in [2.45, 2.75) is 78.4 Å². The lowest BCUT2D eigenvalue weighted by atomic mass is 10.2. The maximum absolute atomic E-state index is 13.4. The van der Waals surface area contributed by atoms with Gasteiger partial charge < -0.3 is 19.9 Å². The summed E-state index contributed by atoms with van der Waals surface area (Å²) in [7, 11) is 0.909. The molecule has 0 radical (unpaired) electrons. The van der Waals surface area contributed by atoms with E-state index in [4.69, 9.17) is 20.0 Å². The van der Waals surface area contributed by atoms with Crippen molar-refractivity contribution >= 4 is 16.8 Å². The highest BCUT2D eigenvalue weighted by molar-refractivity contribution is 7.82. The Balaban J connectivity index is 0.000000700. The topological polar surface area (TPSA) is 97.6 Å². The highest BCUT2D eigenvalue weighted by Gasteiger charge is 2.32. The number of nitriles is 1. The van der Waals surface area contributed by atoms with E-state index in [0.29, 0.717) is 31.7 Å². The van der Waals surface area contributed by atoms with Crippen LogP contribution in [0, 0.1) is 18.3 Å². The van der Waals surface area contributed by atoms with Crippen LogP contribution in [0.4, 0.5) is 5.82 Å². The number of ether oxygens (including phenoxy) is 1. The van der Waals surface area contributed by atoms with Gasteiger partial charge in [-0.3, -0.25) is 0 Å². The fourth-order valence-electron chi connectivity index (χ4n) is 4.76. The lowest BCUT2D eigenvalue weighted by Crippen LogP contribution is -2.44. The SMILES string of the molecule is CC.CC.CC#N.Cc1ccccc1S(=O)N1Cc2nc(OC[C@@H]3CCCN3C)nc(N3CCNCC3)c2C1. The normalized spacial score (nSPS) is 19.2. The lowest BCUT2D eigenvalue weighted by Gasteiger charge is -2.30. The molecule has 0 bridgehead atoms. The van der Waals surface area contributed by atoms with Gasteiger partial charge in [-0.15, -0.1) is 0 Å². The van der Waals surface area contributed by atoms with Gasteiger partial charge >= 0.3 is 6.01 Å². The van der Waals surface area contributed by atoms with Gasteiger partial charge in [0.2, 0.25) is 0 Å². The van der Waals surface area contributed by atoms with Crippen LogP contribution < -0.4 is 15.0 Å². The third kappa shape index (κ3) is 8.70. The predicted molar refractivity (Wildman–Crippen MR) is 159 cm³/mol. The maximum atomic E-state index is 13.4. The summed E-state index contributed by atoms with van der Waals surface area (Å²) in [4.78, 5) is 15.1. The zero-order valence-corrected chi connectivity index (χ0v) is 25.7. The first-order valence-corrected chi connectivity index (χ1v) is 15.3. The van der Waals surface area contributed by atoms with Crippen molar-refractivity contribution in [3.63, 3.8) is 0 Å². The molecule has 1 aromatic heterocycles. The fourth-order valence-corrected chi connectivity index (χ4v) is 6.06. The van der Waals surface area contributed by atoms with Gasteiger partial charge in [0.1, 0.15) is 23.4 Å². The number of aryl methyl sites for hydroxylation is 1. The van der Waals surface area contributed by atoms with Gasteiger partial charge in [-0.05, 0) is 45.0 Å². The van der Waals surface area contributed by atoms with Crippen LogP contribution in [0.1, 0.15) is 64.3 Å². The molecule has 216 valence electrons. The first-order chi connectivity index (χ1) is 19.0. The Kier molecular flexibility index (Phi) is 14.4.